The Morgan fingerprint density at radius 1 is 0.973 bits per heavy atom. The van der Waals surface area contributed by atoms with Crippen molar-refractivity contribution in [2.75, 3.05) is 31.8 Å². The number of carbonyl (C=O) groups is 3. The number of hydrogen-bond donors (Lipinski definition) is 3. The summed E-state index contributed by atoms with van der Waals surface area (Å²) in [6.45, 7) is 0.804. The monoisotopic (exact) mass is 499 g/mol. The largest absolute Gasteiger partial charge is 0.481 e. The van der Waals surface area contributed by atoms with Crippen molar-refractivity contribution in [1.29, 1.82) is 0 Å². The van der Waals surface area contributed by atoms with Crippen molar-refractivity contribution in [3.05, 3.63) is 94.5 Å². The second-order valence-corrected chi connectivity index (χ2v) is 9.11. The molecule has 0 spiro atoms. The topological polar surface area (TPSA) is 108 Å². The van der Waals surface area contributed by atoms with E-state index in [2.05, 4.69) is 15.5 Å². The number of carboxylic acid groups (broad SMARTS) is 1. The van der Waals surface area contributed by atoms with Crippen molar-refractivity contribution in [3.63, 3.8) is 0 Å². The van der Waals surface area contributed by atoms with Crippen molar-refractivity contribution < 1.29 is 24.2 Å². The Morgan fingerprint density at radius 2 is 1.73 bits per heavy atom. The highest BCUT2D eigenvalue weighted by molar-refractivity contribution is 6.37. The van der Waals surface area contributed by atoms with Crippen LogP contribution in [0.4, 0.5) is 11.4 Å². The van der Waals surface area contributed by atoms with Crippen LogP contribution in [0.1, 0.15) is 39.0 Å². The van der Waals surface area contributed by atoms with E-state index < -0.39 is 11.9 Å². The van der Waals surface area contributed by atoms with Gasteiger partial charge in [0.2, 0.25) is 0 Å². The van der Waals surface area contributed by atoms with E-state index in [1.54, 1.807) is 18.2 Å². The first-order valence-corrected chi connectivity index (χ1v) is 11.9. The minimum Gasteiger partial charge on any atom is -0.481 e. The van der Waals surface area contributed by atoms with Crippen molar-refractivity contribution in [2.45, 2.75) is 19.4 Å². The lowest BCUT2D eigenvalue weighted by molar-refractivity contribution is -0.137. The van der Waals surface area contributed by atoms with Gasteiger partial charge in [0.05, 0.1) is 29.6 Å². The molecule has 0 aromatic heterocycles. The fraction of sp³-hybridized carbons (Fsp3) is 0.207. The van der Waals surface area contributed by atoms with Gasteiger partial charge < -0.3 is 25.4 Å². The molecule has 3 N–H and O–H groups in total. The van der Waals surface area contributed by atoms with Crippen LogP contribution < -0.4 is 10.6 Å². The molecule has 0 unspecified atom stereocenters. The summed E-state index contributed by atoms with van der Waals surface area (Å²) >= 11 is 0. The average Bonchev–Trinajstić information content (AvgIpc) is 3.21. The summed E-state index contributed by atoms with van der Waals surface area (Å²) in [6, 6.07) is 20.4. The molecule has 4 rings (SSSR count). The lowest BCUT2D eigenvalue weighted by Gasteiger charge is -2.17. The zero-order valence-corrected chi connectivity index (χ0v) is 21.0. The highest BCUT2D eigenvalue weighted by atomic mass is 16.5. The maximum atomic E-state index is 13.3. The Hall–Kier alpha value is -4.43. The number of ether oxygens (including phenoxy) is 1. The molecule has 37 heavy (non-hydrogen) atoms. The summed E-state index contributed by atoms with van der Waals surface area (Å²) in [6.07, 6.45) is 0.381. The van der Waals surface area contributed by atoms with Gasteiger partial charge in [-0.05, 0) is 67.5 Å². The molecule has 3 aromatic carbocycles. The molecule has 8 nitrogen and oxygen atoms in total. The summed E-state index contributed by atoms with van der Waals surface area (Å²) in [5, 5.41) is 15.4. The van der Waals surface area contributed by atoms with Gasteiger partial charge in [-0.25, -0.2) is 4.79 Å². The first kappa shape index (κ1) is 25.7. The molecular formula is C29H29N3O5. The molecule has 0 atom stereocenters. The maximum absolute atomic E-state index is 13.3. The molecule has 190 valence electrons. The average molecular weight is 500 g/mol. The van der Waals surface area contributed by atoms with Crippen LogP contribution in [0, 0.1) is 0 Å². The molecule has 1 amide bonds. The number of carboxylic acids is 1. The smallest absolute Gasteiger partial charge is 0.337 e. The number of aliphatic carboxylic acids is 1. The van der Waals surface area contributed by atoms with Crippen LogP contribution in [0.15, 0.2) is 66.7 Å². The number of benzene rings is 3. The first-order valence-electron chi connectivity index (χ1n) is 11.9. The molecular weight excluding hydrogens is 470 g/mol. The Bertz CT molecular complexity index is 1380. The summed E-state index contributed by atoms with van der Waals surface area (Å²) in [7, 11) is 5.32. The molecule has 0 bridgehead atoms. The molecule has 0 radical (unpaired) electrons. The summed E-state index contributed by atoms with van der Waals surface area (Å²) in [4.78, 5) is 38.5. The number of aryl methyl sites for hydroxylation is 1. The number of nitrogens with zero attached hydrogens (tertiary/aromatic N) is 1. The minimum atomic E-state index is -0.870. The van der Waals surface area contributed by atoms with Crippen LogP contribution in [-0.2, 0) is 27.3 Å². The fourth-order valence-corrected chi connectivity index (χ4v) is 4.28. The van der Waals surface area contributed by atoms with Crippen LogP contribution >= 0.6 is 0 Å². The van der Waals surface area contributed by atoms with Gasteiger partial charge in [0.1, 0.15) is 0 Å². The maximum Gasteiger partial charge on any atom is 0.337 e. The summed E-state index contributed by atoms with van der Waals surface area (Å²) in [5.41, 5.74) is 6.07. The van der Waals surface area contributed by atoms with Crippen LogP contribution in [0.5, 0.6) is 0 Å². The third-order valence-corrected chi connectivity index (χ3v) is 6.00. The highest BCUT2D eigenvalue weighted by Gasteiger charge is 2.29. The third-order valence-electron chi connectivity index (χ3n) is 6.00. The molecule has 0 fully saturated rings. The lowest BCUT2D eigenvalue weighted by Crippen LogP contribution is -2.11. The zero-order chi connectivity index (χ0) is 26.5. The van der Waals surface area contributed by atoms with Crippen LogP contribution in [0.2, 0.25) is 0 Å². The van der Waals surface area contributed by atoms with Gasteiger partial charge in [0.15, 0.2) is 0 Å². The Balaban J connectivity index is 1.80. The summed E-state index contributed by atoms with van der Waals surface area (Å²) in [5.74, 6) is -1.66. The number of anilines is 2. The molecule has 0 saturated heterocycles. The van der Waals surface area contributed by atoms with E-state index in [1.165, 1.54) is 7.11 Å². The van der Waals surface area contributed by atoms with Crippen molar-refractivity contribution in [2.24, 2.45) is 0 Å². The van der Waals surface area contributed by atoms with Crippen molar-refractivity contribution in [3.8, 4) is 0 Å². The lowest BCUT2D eigenvalue weighted by atomic mass is 9.97. The first-order chi connectivity index (χ1) is 17.7. The van der Waals surface area contributed by atoms with Gasteiger partial charge in [-0.2, -0.15) is 0 Å². The minimum absolute atomic E-state index is 0.00967. The van der Waals surface area contributed by atoms with Crippen LogP contribution in [-0.4, -0.2) is 49.1 Å². The van der Waals surface area contributed by atoms with Gasteiger partial charge in [-0.15, -0.1) is 0 Å². The molecule has 1 aliphatic rings. The number of hydrogen-bond acceptors (Lipinski definition) is 6. The number of amides is 1. The summed E-state index contributed by atoms with van der Waals surface area (Å²) < 4.78 is 4.81. The standard InChI is InChI=1S/C29H29N3O5/c1-32(2)17-19-7-11-22(12-8-19)30-27(20-6-4-5-18(15-20)9-14-25(33)34)26-23-13-10-21(29(36)37-3)16-24(23)31-28(26)35/h4-8,10-13,15-16,30H,9,14,17H2,1-3H3,(H,31,35)(H,33,34)/b27-26-. The number of nitrogens with one attached hydrogen (secondary N) is 2. The van der Waals surface area contributed by atoms with Gasteiger partial charge in [-0.3, -0.25) is 9.59 Å². The van der Waals surface area contributed by atoms with Crippen LogP contribution in [0.25, 0.3) is 11.3 Å². The van der Waals surface area contributed by atoms with E-state index >= 15 is 0 Å². The molecule has 1 heterocycles. The van der Waals surface area contributed by atoms with Crippen molar-refractivity contribution >= 4 is 40.5 Å². The van der Waals surface area contributed by atoms with Gasteiger partial charge in [0, 0.05) is 24.2 Å². The van der Waals surface area contributed by atoms with Gasteiger partial charge in [0.25, 0.3) is 5.91 Å². The zero-order valence-electron chi connectivity index (χ0n) is 21.0. The van der Waals surface area contributed by atoms with Crippen LogP contribution in [0.3, 0.4) is 0 Å². The number of rotatable bonds is 9. The van der Waals surface area contributed by atoms with E-state index in [9.17, 15) is 14.4 Å². The molecule has 0 aliphatic carbocycles. The molecule has 0 saturated carbocycles. The van der Waals surface area contributed by atoms with Gasteiger partial charge in [-0.1, -0.05) is 36.4 Å². The normalized spacial score (nSPS) is 13.7. The molecule has 8 heteroatoms. The van der Waals surface area contributed by atoms with E-state index in [0.717, 1.165) is 28.9 Å². The quantitative estimate of drug-likeness (QED) is 0.294. The van der Waals surface area contributed by atoms with E-state index in [-0.39, 0.29) is 12.3 Å². The van der Waals surface area contributed by atoms with Crippen molar-refractivity contribution in [1.82, 2.24) is 4.90 Å². The SMILES string of the molecule is COC(=O)c1ccc2c(c1)NC(=O)/C2=C(\Nc1ccc(CN(C)C)cc1)c1cccc(CCC(=O)O)c1. The second kappa shape index (κ2) is 11.1. The second-order valence-electron chi connectivity index (χ2n) is 9.11. The Labute approximate surface area is 215 Å². The molecule has 3 aromatic rings. The third kappa shape index (κ3) is 6.05. The van der Waals surface area contributed by atoms with Gasteiger partial charge >= 0.3 is 11.9 Å². The number of fused-ring (bicyclic) bond motifs is 1. The molecule has 1 aliphatic heterocycles. The predicted molar refractivity (Wildman–Crippen MR) is 143 cm³/mol. The highest BCUT2D eigenvalue weighted by Crippen LogP contribution is 2.38. The predicted octanol–water partition coefficient (Wildman–Crippen LogP) is 4.48. The van der Waals surface area contributed by atoms with E-state index in [1.807, 2.05) is 62.6 Å². The number of carbonyl (C=O) groups excluding carboxylic acids is 2. The fourth-order valence-electron chi connectivity index (χ4n) is 4.28. The van der Waals surface area contributed by atoms with E-state index in [0.29, 0.717) is 34.5 Å². The Morgan fingerprint density at radius 3 is 2.41 bits per heavy atom. The number of methoxy groups -OCH3 is 1. The number of esters is 1. The van der Waals surface area contributed by atoms with E-state index in [4.69, 9.17) is 9.84 Å². The Kier molecular flexibility index (Phi) is 7.69.